The number of hydrogen-bond acceptors (Lipinski definition) is 10. The van der Waals surface area contributed by atoms with Gasteiger partial charge < -0.3 is 15.1 Å². The fourth-order valence-corrected chi connectivity index (χ4v) is 3.29. The SMILES string of the molecule is CN1CCN(c2ncc(-c3ncc4c(Nc5cnccn5)ccnc4n3)cn2)CC1. The molecule has 0 saturated carbocycles. The van der Waals surface area contributed by atoms with Gasteiger partial charge in [-0.05, 0) is 13.1 Å². The minimum atomic E-state index is 0.539. The Hall–Kier alpha value is -3.79. The van der Waals surface area contributed by atoms with Gasteiger partial charge in [0.25, 0.3) is 0 Å². The highest BCUT2D eigenvalue weighted by Crippen LogP contribution is 2.24. The van der Waals surface area contributed by atoms with Gasteiger partial charge in [0.05, 0.1) is 22.8 Å². The van der Waals surface area contributed by atoms with Crippen LogP contribution in [0.4, 0.5) is 17.5 Å². The molecule has 0 aromatic carbocycles. The molecule has 4 aromatic rings. The van der Waals surface area contributed by atoms with Crippen molar-refractivity contribution in [3.63, 3.8) is 0 Å². The maximum absolute atomic E-state index is 4.60. The smallest absolute Gasteiger partial charge is 0.225 e. The van der Waals surface area contributed by atoms with E-state index in [9.17, 15) is 0 Å². The van der Waals surface area contributed by atoms with Crippen LogP contribution in [0, 0.1) is 0 Å². The Labute approximate surface area is 173 Å². The predicted octanol–water partition coefficient (Wildman–Crippen LogP) is 1.77. The van der Waals surface area contributed by atoms with Gasteiger partial charge in [-0.1, -0.05) is 0 Å². The third-order valence-electron chi connectivity index (χ3n) is 5.01. The lowest BCUT2D eigenvalue weighted by atomic mass is 10.2. The number of hydrogen-bond donors (Lipinski definition) is 1. The minimum Gasteiger partial charge on any atom is -0.338 e. The largest absolute Gasteiger partial charge is 0.338 e. The maximum Gasteiger partial charge on any atom is 0.225 e. The lowest BCUT2D eigenvalue weighted by Gasteiger charge is -2.32. The molecule has 0 unspecified atom stereocenters. The Kier molecular flexibility index (Phi) is 4.81. The zero-order valence-corrected chi connectivity index (χ0v) is 16.5. The fourth-order valence-electron chi connectivity index (χ4n) is 3.29. The Morgan fingerprint density at radius 2 is 1.67 bits per heavy atom. The highest BCUT2D eigenvalue weighted by Gasteiger charge is 2.17. The van der Waals surface area contributed by atoms with Crippen molar-refractivity contribution in [3.05, 3.63) is 49.4 Å². The van der Waals surface area contributed by atoms with Crippen LogP contribution >= 0.6 is 0 Å². The van der Waals surface area contributed by atoms with E-state index in [0.717, 1.165) is 48.8 Å². The summed E-state index contributed by atoms with van der Waals surface area (Å²) in [6.07, 6.45) is 11.9. The highest BCUT2D eigenvalue weighted by molar-refractivity contribution is 5.90. The van der Waals surface area contributed by atoms with Gasteiger partial charge in [-0.15, -0.1) is 0 Å². The van der Waals surface area contributed by atoms with Gasteiger partial charge in [-0.2, -0.15) is 0 Å². The van der Waals surface area contributed by atoms with Crippen LogP contribution in [0.25, 0.3) is 22.4 Å². The monoisotopic (exact) mass is 400 g/mol. The average Bonchev–Trinajstić information content (AvgIpc) is 2.80. The first-order chi connectivity index (χ1) is 14.8. The number of nitrogens with one attached hydrogen (secondary N) is 1. The van der Waals surface area contributed by atoms with E-state index >= 15 is 0 Å². The molecule has 4 aromatic heterocycles. The first-order valence-electron chi connectivity index (χ1n) is 9.67. The summed E-state index contributed by atoms with van der Waals surface area (Å²) < 4.78 is 0. The molecule has 30 heavy (non-hydrogen) atoms. The molecular weight excluding hydrogens is 380 g/mol. The molecule has 0 aliphatic carbocycles. The van der Waals surface area contributed by atoms with Crippen molar-refractivity contribution in [1.29, 1.82) is 0 Å². The molecule has 1 N–H and O–H groups in total. The summed E-state index contributed by atoms with van der Waals surface area (Å²) in [7, 11) is 2.13. The second-order valence-corrected chi connectivity index (χ2v) is 7.07. The van der Waals surface area contributed by atoms with E-state index in [2.05, 4.69) is 57.1 Å². The minimum absolute atomic E-state index is 0.539. The molecule has 5 heterocycles. The van der Waals surface area contributed by atoms with Crippen LogP contribution in [0.5, 0.6) is 0 Å². The van der Waals surface area contributed by atoms with Crippen molar-refractivity contribution in [2.45, 2.75) is 0 Å². The lowest BCUT2D eigenvalue weighted by molar-refractivity contribution is 0.311. The second kappa shape index (κ2) is 7.91. The van der Waals surface area contributed by atoms with Gasteiger partial charge in [0.2, 0.25) is 5.95 Å². The summed E-state index contributed by atoms with van der Waals surface area (Å²) in [5, 5.41) is 4.02. The van der Waals surface area contributed by atoms with Crippen molar-refractivity contribution in [3.8, 4) is 11.4 Å². The Bertz CT molecular complexity index is 1140. The molecule has 10 heteroatoms. The molecule has 1 fully saturated rings. The molecule has 5 rings (SSSR count). The predicted molar refractivity (Wildman–Crippen MR) is 113 cm³/mol. The third-order valence-corrected chi connectivity index (χ3v) is 5.01. The van der Waals surface area contributed by atoms with Crippen LogP contribution in [-0.2, 0) is 0 Å². The molecule has 1 aliphatic heterocycles. The molecule has 1 aliphatic rings. The number of pyridine rings is 1. The molecule has 0 amide bonds. The van der Waals surface area contributed by atoms with E-state index in [-0.39, 0.29) is 0 Å². The third kappa shape index (κ3) is 3.72. The fraction of sp³-hybridized carbons (Fsp3) is 0.250. The zero-order valence-electron chi connectivity index (χ0n) is 16.5. The van der Waals surface area contributed by atoms with Crippen LogP contribution in [-0.4, -0.2) is 73.0 Å². The number of anilines is 3. The number of piperazine rings is 1. The summed E-state index contributed by atoms with van der Waals surface area (Å²) in [4.78, 5) is 35.3. The summed E-state index contributed by atoms with van der Waals surface area (Å²) in [6, 6.07) is 1.86. The second-order valence-electron chi connectivity index (χ2n) is 7.07. The summed E-state index contributed by atoms with van der Waals surface area (Å²) >= 11 is 0. The maximum atomic E-state index is 4.60. The zero-order chi connectivity index (χ0) is 20.3. The van der Waals surface area contributed by atoms with Crippen LogP contribution in [0.2, 0.25) is 0 Å². The molecule has 1 saturated heterocycles. The van der Waals surface area contributed by atoms with E-state index in [4.69, 9.17) is 0 Å². The van der Waals surface area contributed by atoms with Gasteiger partial charge in [0, 0.05) is 63.4 Å². The normalized spacial score (nSPS) is 14.8. The van der Waals surface area contributed by atoms with Gasteiger partial charge in [0.15, 0.2) is 11.5 Å². The van der Waals surface area contributed by atoms with E-state index in [1.54, 1.807) is 43.4 Å². The molecule has 150 valence electrons. The number of fused-ring (bicyclic) bond motifs is 1. The Morgan fingerprint density at radius 1 is 0.833 bits per heavy atom. The van der Waals surface area contributed by atoms with E-state index in [1.807, 2.05) is 6.07 Å². The van der Waals surface area contributed by atoms with E-state index in [0.29, 0.717) is 17.3 Å². The number of rotatable bonds is 4. The highest BCUT2D eigenvalue weighted by atomic mass is 15.3. The molecule has 0 atom stereocenters. The van der Waals surface area contributed by atoms with Crippen molar-refractivity contribution in [1.82, 2.24) is 39.8 Å². The van der Waals surface area contributed by atoms with Crippen molar-refractivity contribution < 1.29 is 0 Å². The average molecular weight is 400 g/mol. The van der Waals surface area contributed by atoms with Crippen molar-refractivity contribution in [2.24, 2.45) is 0 Å². The topological polar surface area (TPSA) is 109 Å². The van der Waals surface area contributed by atoms with E-state index < -0.39 is 0 Å². The van der Waals surface area contributed by atoms with Crippen molar-refractivity contribution >= 4 is 28.5 Å². The molecule has 10 nitrogen and oxygen atoms in total. The Balaban J connectivity index is 1.40. The van der Waals surface area contributed by atoms with Gasteiger partial charge in [-0.25, -0.2) is 29.9 Å². The van der Waals surface area contributed by atoms with Gasteiger partial charge in [0.1, 0.15) is 5.82 Å². The molecule has 0 bridgehead atoms. The standard InChI is InChI=1S/C20H20N10/c1-29-6-8-30(9-7-29)20-25-10-14(11-26-20)18-24-12-15-16(2-3-23-19(15)28-18)27-17-13-21-4-5-22-17/h2-5,10-13H,6-9H2,1H3,(H,22,23,24,27,28). The molecule has 0 radical (unpaired) electrons. The Morgan fingerprint density at radius 3 is 2.43 bits per heavy atom. The number of nitrogens with zero attached hydrogens (tertiary/aromatic N) is 9. The quantitative estimate of drug-likeness (QED) is 0.544. The summed E-state index contributed by atoms with van der Waals surface area (Å²) in [5.41, 5.74) is 2.15. The first-order valence-corrected chi connectivity index (χ1v) is 9.67. The van der Waals surface area contributed by atoms with Crippen LogP contribution in [0.1, 0.15) is 0 Å². The van der Waals surface area contributed by atoms with Gasteiger partial charge in [-0.3, -0.25) is 4.98 Å². The van der Waals surface area contributed by atoms with Crippen molar-refractivity contribution in [2.75, 3.05) is 43.4 Å². The first kappa shape index (κ1) is 18.3. The van der Waals surface area contributed by atoms with Crippen LogP contribution < -0.4 is 10.2 Å². The summed E-state index contributed by atoms with van der Waals surface area (Å²) in [6.45, 7) is 3.87. The molecular formula is C20H20N10. The number of aromatic nitrogens is 7. The lowest BCUT2D eigenvalue weighted by Crippen LogP contribution is -2.45. The van der Waals surface area contributed by atoms with Crippen LogP contribution in [0.15, 0.2) is 49.4 Å². The molecule has 0 spiro atoms. The summed E-state index contributed by atoms with van der Waals surface area (Å²) in [5.74, 6) is 1.92. The number of likely N-dealkylation sites (N-methyl/N-ethyl adjacent to an activating group) is 1. The van der Waals surface area contributed by atoms with Gasteiger partial charge >= 0.3 is 0 Å². The van der Waals surface area contributed by atoms with E-state index in [1.165, 1.54) is 0 Å². The van der Waals surface area contributed by atoms with Crippen LogP contribution in [0.3, 0.4) is 0 Å².